The number of benzene rings is 3. The highest BCUT2D eigenvalue weighted by atomic mass is 31.2. The first-order chi connectivity index (χ1) is 14.6. The van der Waals surface area contributed by atoms with Gasteiger partial charge in [-0.1, -0.05) is 30.3 Å². The maximum atomic E-state index is 12.6. The van der Waals surface area contributed by atoms with E-state index >= 15 is 0 Å². The quantitative estimate of drug-likeness (QED) is 0.418. The molecule has 6 heteroatoms. The summed E-state index contributed by atoms with van der Waals surface area (Å²) in [6, 6.07) is 17.4. The molecule has 0 fully saturated rings. The van der Waals surface area contributed by atoms with E-state index in [0.29, 0.717) is 11.5 Å². The fraction of sp³-hybridized carbons (Fsp3) is 0.280. The number of rotatable bonds is 8. The van der Waals surface area contributed by atoms with Crippen molar-refractivity contribution in [3.05, 3.63) is 88.0 Å². The summed E-state index contributed by atoms with van der Waals surface area (Å²) in [6.45, 7) is 7.55. The van der Waals surface area contributed by atoms with Crippen molar-refractivity contribution in [1.29, 1.82) is 0 Å². The second kappa shape index (κ2) is 9.59. The molecule has 0 aliphatic carbocycles. The lowest BCUT2D eigenvalue weighted by Crippen LogP contribution is -2.03. The molecule has 0 bridgehead atoms. The van der Waals surface area contributed by atoms with Crippen LogP contribution in [0.1, 0.15) is 33.4 Å². The third-order valence-corrected chi connectivity index (χ3v) is 5.86. The van der Waals surface area contributed by atoms with E-state index in [9.17, 15) is 9.46 Å². The van der Waals surface area contributed by atoms with Crippen LogP contribution in [0.25, 0.3) is 0 Å². The third-order valence-electron chi connectivity index (χ3n) is 5.00. The first-order valence-electron chi connectivity index (χ1n) is 10.2. The van der Waals surface area contributed by atoms with Crippen LogP contribution in [0.2, 0.25) is 0 Å². The lowest BCUT2D eigenvalue weighted by atomic mass is 10.00. The highest BCUT2D eigenvalue weighted by Crippen LogP contribution is 2.46. The Labute approximate surface area is 184 Å². The summed E-state index contributed by atoms with van der Waals surface area (Å²) in [7, 11) is -2.67. The Morgan fingerprint density at radius 3 is 1.84 bits per heavy atom. The molecule has 0 saturated heterocycles. The van der Waals surface area contributed by atoms with E-state index in [1.165, 1.54) is 5.56 Å². The summed E-state index contributed by atoms with van der Waals surface area (Å²) in [5, 5.41) is 0. The molecule has 3 aromatic rings. The smallest absolute Gasteiger partial charge is 0.497 e. The minimum atomic E-state index is -4.33. The lowest BCUT2D eigenvalue weighted by molar-refractivity contribution is 0.289. The van der Waals surface area contributed by atoms with Gasteiger partial charge >= 0.3 is 7.82 Å². The summed E-state index contributed by atoms with van der Waals surface area (Å²) in [5.74, 6) is 1.53. The first-order valence-corrected chi connectivity index (χ1v) is 11.7. The van der Waals surface area contributed by atoms with Gasteiger partial charge in [-0.05, 0) is 98.2 Å². The van der Waals surface area contributed by atoms with Crippen molar-refractivity contribution in [1.82, 2.24) is 0 Å². The van der Waals surface area contributed by atoms with E-state index in [1.807, 2.05) is 58.0 Å². The Balaban J connectivity index is 1.70. The van der Waals surface area contributed by atoms with E-state index in [4.69, 9.17) is 13.8 Å². The van der Waals surface area contributed by atoms with Crippen LogP contribution in [0.3, 0.4) is 0 Å². The molecular formula is C25H29O5P. The van der Waals surface area contributed by atoms with Crippen LogP contribution in [-0.4, -0.2) is 12.0 Å². The minimum absolute atomic E-state index is 0.315. The molecule has 0 radical (unpaired) electrons. The fourth-order valence-electron chi connectivity index (χ4n) is 3.66. The molecule has 0 aliphatic rings. The molecule has 31 heavy (non-hydrogen) atoms. The summed E-state index contributed by atoms with van der Waals surface area (Å²) in [6.07, 6.45) is 1.74. The highest BCUT2D eigenvalue weighted by molar-refractivity contribution is 7.48. The summed E-state index contributed by atoms with van der Waals surface area (Å²) >= 11 is 0. The van der Waals surface area contributed by atoms with Gasteiger partial charge in [0.15, 0.2) is 0 Å². The normalized spacial score (nSPS) is 12.8. The van der Waals surface area contributed by atoms with Crippen molar-refractivity contribution in [2.45, 2.75) is 40.5 Å². The average molecular weight is 440 g/mol. The Morgan fingerprint density at radius 1 is 0.742 bits per heavy atom. The van der Waals surface area contributed by atoms with Crippen LogP contribution < -0.4 is 13.8 Å². The van der Waals surface area contributed by atoms with Gasteiger partial charge in [0.05, 0.1) is 7.11 Å². The van der Waals surface area contributed by atoms with Gasteiger partial charge in [0.1, 0.15) is 17.2 Å². The zero-order valence-corrected chi connectivity index (χ0v) is 19.5. The zero-order chi connectivity index (χ0) is 22.6. The maximum Gasteiger partial charge on any atom is 0.584 e. The number of phosphoric acid groups is 1. The van der Waals surface area contributed by atoms with Gasteiger partial charge in [0.25, 0.3) is 0 Å². The summed E-state index contributed by atoms with van der Waals surface area (Å²) < 4.78 is 28.6. The molecule has 164 valence electrons. The maximum absolute atomic E-state index is 12.6. The highest BCUT2D eigenvalue weighted by Gasteiger charge is 2.27. The summed E-state index contributed by atoms with van der Waals surface area (Å²) in [4.78, 5) is 10.3. The monoisotopic (exact) mass is 440 g/mol. The predicted molar refractivity (Wildman–Crippen MR) is 123 cm³/mol. The van der Waals surface area contributed by atoms with Crippen molar-refractivity contribution < 1.29 is 23.2 Å². The fourth-order valence-corrected chi connectivity index (χ4v) is 4.59. The van der Waals surface area contributed by atoms with E-state index < -0.39 is 7.82 Å². The van der Waals surface area contributed by atoms with Crippen molar-refractivity contribution in [3.63, 3.8) is 0 Å². The first kappa shape index (κ1) is 22.9. The Morgan fingerprint density at radius 2 is 1.29 bits per heavy atom. The van der Waals surface area contributed by atoms with Crippen LogP contribution >= 0.6 is 7.82 Å². The molecule has 1 N–H and O–H groups in total. The molecule has 0 saturated carbocycles. The molecule has 0 heterocycles. The van der Waals surface area contributed by atoms with Crippen molar-refractivity contribution in [2.24, 2.45) is 0 Å². The van der Waals surface area contributed by atoms with Crippen molar-refractivity contribution in [2.75, 3.05) is 7.11 Å². The Hall–Kier alpha value is -2.75. The predicted octanol–water partition coefficient (Wildman–Crippen LogP) is 6.27. The van der Waals surface area contributed by atoms with E-state index in [2.05, 4.69) is 12.1 Å². The van der Waals surface area contributed by atoms with Gasteiger partial charge in [0, 0.05) is 0 Å². The largest absolute Gasteiger partial charge is 0.584 e. The zero-order valence-electron chi connectivity index (χ0n) is 18.6. The molecule has 1 atom stereocenters. The Kier molecular flexibility index (Phi) is 7.09. The van der Waals surface area contributed by atoms with Gasteiger partial charge in [-0.3, -0.25) is 4.89 Å². The van der Waals surface area contributed by atoms with Crippen LogP contribution in [0.4, 0.5) is 0 Å². The van der Waals surface area contributed by atoms with Crippen LogP contribution in [0.15, 0.2) is 54.6 Å². The standard InChI is InChI=1S/C25H29O5P/c1-17-12-18(2)14-24(13-17)29-31(26,27)30-25-19(3)15-22(16-20(25)4)7-6-21-8-10-23(28-5)11-9-21/h8-16H,6-7H2,1-5H3,(H,26,27). The molecular weight excluding hydrogens is 411 g/mol. The molecule has 1 unspecified atom stereocenters. The van der Waals surface area contributed by atoms with Gasteiger partial charge in [-0.15, -0.1) is 0 Å². The van der Waals surface area contributed by atoms with Crippen LogP contribution in [0.5, 0.6) is 17.2 Å². The van der Waals surface area contributed by atoms with Gasteiger partial charge in [-0.25, -0.2) is 4.57 Å². The third kappa shape index (κ3) is 6.36. The lowest BCUT2D eigenvalue weighted by Gasteiger charge is -2.18. The minimum Gasteiger partial charge on any atom is -0.497 e. The van der Waals surface area contributed by atoms with Gasteiger partial charge < -0.3 is 13.8 Å². The topological polar surface area (TPSA) is 65.0 Å². The van der Waals surface area contributed by atoms with Crippen molar-refractivity contribution in [3.8, 4) is 17.2 Å². The number of methoxy groups -OCH3 is 1. The van der Waals surface area contributed by atoms with Crippen LogP contribution in [0, 0.1) is 27.7 Å². The number of aryl methyl sites for hydroxylation is 6. The number of hydrogen-bond donors (Lipinski definition) is 1. The molecule has 0 aliphatic heterocycles. The second-order valence-corrected chi connectivity index (χ2v) is 9.18. The van der Waals surface area contributed by atoms with Crippen LogP contribution in [-0.2, 0) is 17.4 Å². The number of hydrogen-bond acceptors (Lipinski definition) is 4. The molecule has 3 aromatic carbocycles. The second-order valence-electron chi connectivity index (χ2n) is 7.88. The average Bonchev–Trinajstić information content (AvgIpc) is 2.68. The molecule has 0 aromatic heterocycles. The Bertz CT molecular complexity index is 1060. The summed E-state index contributed by atoms with van der Waals surface area (Å²) in [5.41, 5.74) is 5.84. The molecule has 0 amide bonds. The van der Waals surface area contributed by atoms with E-state index in [1.54, 1.807) is 19.2 Å². The van der Waals surface area contributed by atoms with Gasteiger partial charge in [-0.2, -0.15) is 0 Å². The van der Waals surface area contributed by atoms with Gasteiger partial charge in [0.2, 0.25) is 0 Å². The van der Waals surface area contributed by atoms with Crippen molar-refractivity contribution >= 4 is 7.82 Å². The number of ether oxygens (including phenoxy) is 1. The SMILES string of the molecule is COc1ccc(CCc2cc(C)c(OP(=O)(O)Oc3cc(C)cc(C)c3)c(C)c2)cc1. The van der Waals surface area contributed by atoms with E-state index in [-0.39, 0.29) is 0 Å². The molecule has 3 rings (SSSR count). The molecule has 5 nitrogen and oxygen atoms in total. The number of phosphoric ester groups is 1. The van der Waals surface area contributed by atoms with E-state index in [0.717, 1.165) is 46.4 Å². The molecule has 0 spiro atoms.